The molecule has 0 saturated carbocycles. The first kappa shape index (κ1) is 32.6. The lowest BCUT2D eigenvalue weighted by molar-refractivity contribution is -0.138. The van der Waals surface area contributed by atoms with Gasteiger partial charge in [0.15, 0.2) is 9.84 Å². The molecule has 1 atom stereocenters. The second kappa shape index (κ2) is 12.4. The quantitative estimate of drug-likeness (QED) is 0.204. The van der Waals surface area contributed by atoms with Crippen LogP contribution in [0.3, 0.4) is 0 Å². The number of nitrogens with one attached hydrogen (secondary N) is 1. The summed E-state index contributed by atoms with van der Waals surface area (Å²) in [5.41, 5.74) is 0.752. The molecule has 0 radical (unpaired) electrons. The number of halogens is 5. The first-order chi connectivity index (χ1) is 20.0. The molecule has 14 heteroatoms. The number of alkyl halides is 4. The molecular weight excluding hydrogens is 605 g/mol. The minimum Gasteiger partial charge on any atom is -0.405 e. The van der Waals surface area contributed by atoms with Crippen LogP contribution in [0.4, 0.5) is 17.6 Å². The average molecular weight is 635 g/mol. The predicted molar refractivity (Wildman–Crippen MR) is 164 cm³/mol. The highest BCUT2D eigenvalue weighted by Crippen LogP contribution is 2.35. The van der Waals surface area contributed by atoms with Gasteiger partial charge in [-0.1, -0.05) is 36.7 Å². The molecule has 226 valence electrons. The lowest BCUT2D eigenvalue weighted by atomic mass is 9.59. The number of aromatic nitrogens is 1. The first-order valence-electron chi connectivity index (χ1n) is 13.4. The number of hydrogen-bond acceptors (Lipinski definition) is 4. The summed E-state index contributed by atoms with van der Waals surface area (Å²) < 4.78 is 80.6. The molecule has 0 bridgehead atoms. The molecule has 4 aromatic rings. The number of fused-ring (bicyclic) bond motifs is 1. The Morgan fingerprint density at radius 1 is 1.05 bits per heavy atom. The van der Waals surface area contributed by atoms with E-state index in [0.717, 1.165) is 6.07 Å². The van der Waals surface area contributed by atoms with Gasteiger partial charge in [-0.05, 0) is 59.7 Å². The Morgan fingerprint density at radius 2 is 1.72 bits per heavy atom. The highest BCUT2D eigenvalue weighted by atomic mass is 35.5. The summed E-state index contributed by atoms with van der Waals surface area (Å²) in [4.78, 5) is 13.5. The minimum absolute atomic E-state index is 0.0245. The van der Waals surface area contributed by atoms with Gasteiger partial charge >= 0.3 is 6.18 Å². The van der Waals surface area contributed by atoms with Gasteiger partial charge in [0, 0.05) is 39.0 Å². The summed E-state index contributed by atoms with van der Waals surface area (Å²) >= 11 is 5.82. The average Bonchev–Trinajstić information content (AvgIpc) is 3.27. The van der Waals surface area contributed by atoms with Crippen molar-refractivity contribution < 1.29 is 35.9 Å². The van der Waals surface area contributed by atoms with Crippen LogP contribution in [-0.4, -0.2) is 57.5 Å². The molecule has 0 saturated heterocycles. The Bertz CT molecular complexity index is 1760. The van der Waals surface area contributed by atoms with Crippen LogP contribution in [0, 0.1) is 0 Å². The van der Waals surface area contributed by atoms with E-state index in [4.69, 9.17) is 11.6 Å². The maximum absolute atomic E-state index is 13.7. The molecule has 1 amide bonds. The lowest BCUT2D eigenvalue weighted by Gasteiger charge is -2.31. The number of carbonyl (C=O) groups excluding carboxylic acids is 1. The number of carbonyl (C=O) groups is 1. The number of nitrogens with zero attached hydrogens (tertiary/aromatic N) is 1. The smallest absolute Gasteiger partial charge is 0.405 e. The van der Waals surface area contributed by atoms with Crippen molar-refractivity contribution in [3.63, 3.8) is 0 Å². The molecular formula is C29H29B2ClF4N2O4S. The monoisotopic (exact) mass is 634 g/mol. The third-order valence-electron chi connectivity index (χ3n) is 7.24. The third kappa shape index (κ3) is 7.27. The van der Waals surface area contributed by atoms with E-state index in [1.807, 2.05) is 0 Å². The molecule has 1 aromatic heterocycles. The Kier molecular flexibility index (Phi) is 9.39. The van der Waals surface area contributed by atoms with Gasteiger partial charge in [0.1, 0.15) is 22.4 Å². The van der Waals surface area contributed by atoms with Crippen molar-refractivity contribution in [2.45, 2.75) is 42.4 Å². The fourth-order valence-corrected chi connectivity index (χ4v) is 6.10. The molecule has 4 rings (SSSR count). The van der Waals surface area contributed by atoms with Gasteiger partial charge in [0.2, 0.25) is 0 Å². The second-order valence-electron chi connectivity index (χ2n) is 10.8. The largest absolute Gasteiger partial charge is 0.416 e. The van der Waals surface area contributed by atoms with Crippen LogP contribution in [0.15, 0.2) is 71.6 Å². The Balaban J connectivity index is 1.67. The van der Waals surface area contributed by atoms with E-state index in [1.165, 1.54) is 65.1 Å². The van der Waals surface area contributed by atoms with Crippen molar-refractivity contribution in [3.05, 3.63) is 99.7 Å². The van der Waals surface area contributed by atoms with Crippen molar-refractivity contribution in [2.75, 3.05) is 12.4 Å². The van der Waals surface area contributed by atoms with E-state index in [1.54, 1.807) is 22.8 Å². The summed E-state index contributed by atoms with van der Waals surface area (Å²) in [7, 11) is -0.423. The SMILES string of the molecule is BC(B)(O)[C@H](NC(=O)c1ccc2c(c1)cc(Cc1ccc(Cl)cc1C(F)(F)F)n2CCF)c1ccc(S(=O)(=O)CC)cc1. The van der Waals surface area contributed by atoms with E-state index >= 15 is 0 Å². The molecule has 2 N–H and O–H groups in total. The van der Waals surface area contributed by atoms with Gasteiger partial charge in [-0.2, -0.15) is 13.2 Å². The van der Waals surface area contributed by atoms with Crippen LogP contribution in [0.5, 0.6) is 0 Å². The molecule has 6 nitrogen and oxygen atoms in total. The Hall–Kier alpha value is -3.28. The third-order valence-corrected chi connectivity index (χ3v) is 9.23. The minimum atomic E-state index is -4.63. The maximum Gasteiger partial charge on any atom is 0.416 e. The van der Waals surface area contributed by atoms with Crippen molar-refractivity contribution in [1.82, 2.24) is 9.88 Å². The highest BCUT2D eigenvalue weighted by molar-refractivity contribution is 7.91. The number of benzene rings is 3. The van der Waals surface area contributed by atoms with Gasteiger partial charge < -0.3 is 15.0 Å². The summed E-state index contributed by atoms with van der Waals surface area (Å²) in [5, 5.41) is 12.7. The lowest BCUT2D eigenvalue weighted by Crippen LogP contribution is -2.47. The first-order valence-corrected chi connectivity index (χ1v) is 15.5. The zero-order valence-corrected chi connectivity index (χ0v) is 25.2. The fraction of sp³-hybridized carbons (Fsp3) is 0.276. The summed E-state index contributed by atoms with van der Waals surface area (Å²) in [6.45, 7) is 0.688. The molecule has 0 spiro atoms. The van der Waals surface area contributed by atoms with Crippen LogP contribution in [0.2, 0.25) is 5.02 Å². The van der Waals surface area contributed by atoms with Crippen LogP contribution in [0.25, 0.3) is 10.9 Å². The van der Waals surface area contributed by atoms with Crippen molar-refractivity contribution in [1.29, 1.82) is 0 Å². The van der Waals surface area contributed by atoms with Gasteiger partial charge in [0.25, 0.3) is 5.91 Å². The molecule has 0 fully saturated rings. The van der Waals surface area contributed by atoms with E-state index in [-0.39, 0.29) is 39.8 Å². The Morgan fingerprint density at radius 3 is 2.30 bits per heavy atom. The standard InChI is InChI=1S/C29H29B2ClF4N2O4S/c1-2-43(41,42)23-8-4-17(5-9-23)26(28(30,31)40)37-27(39)19-6-10-25-20(13-19)15-22(38(25)12-11-33)14-18-3-7-21(32)16-24(18)29(34,35)36/h3-10,13,15-16,26,40H,2,11-12,14,30-31H2,1H3,(H,37,39)/t26-/m1/s1. The summed E-state index contributed by atoms with van der Waals surface area (Å²) in [6.07, 6.45) is -4.78. The van der Waals surface area contributed by atoms with Crippen LogP contribution in [0.1, 0.15) is 45.7 Å². The number of aliphatic hydroxyl groups is 1. The number of amides is 1. The van der Waals surface area contributed by atoms with Crippen LogP contribution < -0.4 is 5.32 Å². The van der Waals surface area contributed by atoms with Crippen molar-refractivity contribution >= 4 is 53.9 Å². The zero-order valence-electron chi connectivity index (χ0n) is 23.7. The van der Waals surface area contributed by atoms with E-state index in [9.17, 15) is 35.9 Å². The number of aryl methyl sites for hydroxylation is 1. The predicted octanol–water partition coefficient (Wildman–Crippen LogP) is 4.05. The maximum atomic E-state index is 13.7. The van der Waals surface area contributed by atoms with E-state index in [0.29, 0.717) is 22.2 Å². The van der Waals surface area contributed by atoms with Crippen molar-refractivity contribution in [2.24, 2.45) is 0 Å². The second-order valence-corrected chi connectivity index (χ2v) is 13.5. The number of hydrogen-bond donors (Lipinski definition) is 2. The number of rotatable bonds is 10. The molecule has 0 aliphatic heterocycles. The molecule has 0 unspecified atom stereocenters. The molecule has 0 aliphatic carbocycles. The molecule has 0 aliphatic rings. The van der Waals surface area contributed by atoms with E-state index < -0.39 is 45.6 Å². The van der Waals surface area contributed by atoms with Gasteiger partial charge in [0.05, 0.1) is 28.8 Å². The van der Waals surface area contributed by atoms with Gasteiger partial charge in [-0.25, -0.2) is 12.8 Å². The van der Waals surface area contributed by atoms with Crippen LogP contribution >= 0.6 is 11.6 Å². The molecule has 43 heavy (non-hydrogen) atoms. The molecule has 3 aromatic carbocycles. The highest BCUT2D eigenvalue weighted by Gasteiger charge is 2.34. The normalized spacial score (nSPS) is 13.3. The molecule has 1 heterocycles. The summed E-state index contributed by atoms with van der Waals surface area (Å²) in [5.74, 6) is -0.616. The fourth-order valence-electron chi connectivity index (χ4n) is 5.04. The topological polar surface area (TPSA) is 88.4 Å². The van der Waals surface area contributed by atoms with E-state index in [2.05, 4.69) is 5.32 Å². The Labute approximate surface area is 253 Å². The van der Waals surface area contributed by atoms with Crippen LogP contribution in [-0.2, 0) is 29.0 Å². The van der Waals surface area contributed by atoms with Gasteiger partial charge in [-0.15, -0.1) is 0 Å². The van der Waals surface area contributed by atoms with Gasteiger partial charge in [-0.3, -0.25) is 4.79 Å². The summed E-state index contributed by atoms with van der Waals surface area (Å²) in [6, 6.07) is 14.8. The number of sulfone groups is 1. The zero-order chi connectivity index (χ0) is 31.7. The van der Waals surface area contributed by atoms with Crippen molar-refractivity contribution in [3.8, 4) is 0 Å².